The molecule has 0 saturated heterocycles. The Bertz CT molecular complexity index is 1730. The number of allylic oxidation sites excluding steroid dienone is 1. The Kier molecular flexibility index (Phi) is 4.81. The van der Waals surface area contributed by atoms with Gasteiger partial charge in [-0.15, -0.1) is 5.10 Å². The van der Waals surface area contributed by atoms with Gasteiger partial charge >= 0.3 is 0 Å². The van der Waals surface area contributed by atoms with Crippen LogP contribution in [0.5, 0.6) is 0 Å². The fraction of sp³-hybridized carbons (Fsp3) is 0.222. The van der Waals surface area contributed by atoms with Crippen LogP contribution in [0.2, 0.25) is 5.02 Å². The van der Waals surface area contributed by atoms with Crippen LogP contribution in [0, 0.1) is 24.5 Å². The van der Waals surface area contributed by atoms with Crippen LogP contribution in [0.25, 0.3) is 22.4 Å². The Morgan fingerprint density at radius 1 is 1.05 bits per heavy atom. The number of halogens is 3. The number of benzene rings is 2. The Hall–Kier alpha value is -3.98. The minimum Gasteiger partial charge on any atom is -0.303 e. The summed E-state index contributed by atoms with van der Waals surface area (Å²) in [7, 11) is 0. The average Bonchev–Trinajstić information content (AvgIpc) is 3.23. The molecule has 3 unspecified atom stereocenters. The van der Waals surface area contributed by atoms with Crippen molar-refractivity contribution in [2.75, 3.05) is 0 Å². The zero-order valence-corrected chi connectivity index (χ0v) is 20.3. The maximum absolute atomic E-state index is 14.6. The summed E-state index contributed by atoms with van der Waals surface area (Å²) in [6.07, 6.45) is 4.41. The highest BCUT2D eigenvalue weighted by molar-refractivity contribution is 6.31. The van der Waals surface area contributed by atoms with Gasteiger partial charge in [-0.05, 0) is 70.7 Å². The second-order valence-electron chi connectivity index (χ2n) is 9.75. The Morgan fingerprint density at radius 2 is 1.92 bits per heavy atom. The molecule has 0 N–H and O–H groups in total. The summed E-state index contributed by atoms with van der Waals surface area (Å²) in [6.45, 7) is 1.53. The first-order valence-corrected chi connectivity index (χ1v) is 12.3. The van der Waals surface area contributed by atoms with Crippen molar-refractivity contribution < 1.29 is 8.78 Å². The number of rotatable bonds is 4. The SMILES string of the molecule is Cc1ccc(C2=CN=C(C3C4CC4c4cc(-c5cc(Cl)ccc5-n5cnnn5)cc(=O)n43)C2)c(F)c1F. The third kappa shape index (κ3) is 3.41. The molecule has 3 atom stereocenters. The fourth-order valence-corrected chi connectivity index (χ4v) is 5.90. The number of pyridine rings is 1. The number of aryl methyl sites for hydroxylation is 1. The van der Waals surface area contributed by atoms with E-state index in [0.29, 0.717) is 22.7 Å². The summed E-state index contributed by atoms with van der Waals surface area (Å²) >= 11 is 6.31. The van der Waals surface area contributed by atoms with Crippen LogP contribution in [0.4, 0.5) is 8.78 Å². The van der Waals surface area contributed by atoms with Crippen LogP contribution in [-0.4, -0.2) is 30.5 Å². The van der Waals surface area contributed by atoms with Gasteiger partial charge in [-0.3, -0.25) is 9.79 Å². The largest absolute Gasteiger partial charge is 0.303 e. The van der Waals surface area contributed by atoms with Gasteiger partial charge in [-0.25, -0.2) is 8.78 Å². The van der Waals surface area contributed by atoms with Crippen LogP contribution in [0.1, 0.15) is 41.6 Å². The monoisotopic (exact) mass is 516 g/mol. The van der Waals surface area contributed by atoms with Crippen LogP contribution in [-0.2, 0) is 0 Å². The average molecular weight is 517 g/mol. The van der Waals surface area contributed by atoms with E-state index in [1.807, 2.05) is 16.7 Å². The number of hydrogen-bond donors (Lipinski definition) is 0. The van der Waals surface area contributed by atoms with E-state index in [1.165, 1.54) is 17.9 Å². The molecule has 4 heterocycles. The molecule has 1 fully saturated rings. The van der Waals surface area contributed by atoms with Gasteiger partial charge in [-0.1, -0.05) is 23.7 Å². The number of aliphatic imine (C=N–C) groups is 1. The number of fused-ring (bicyclic) bond motifs is 3. The van der Waals surface area contributed by atoms with E-state index in [9.17, 15) is 13.6 Å². The lowest BCUT2D eigenvalue weighted by Crippen LogP contribution is -2.29. The van der Waals surface area contributed by atoms with Gasteiger partial charge in [-0.2, -0.15) is 4.68 Å². The number of nitrogens with zero attached hydrogens (tertiary/aromatic N) is 6. The lowest BCUT2D eigenvalue weighted by atomic mass is 9.96. The van der Waals surface area contributed by atoms with E-state index in [0.717, 1.165) is 29.0 Å². The Labute approximate surface area is 214 Å². The predicted octanol–water partition coefficient (Wildman–Crippen LogP) is 5.28. The third-order valence-corrected chi connectivity index (χ3v) is 7.82. The summed E-state index contributed by atoms with van der Waals surface area (Å²) in [5, 5.41) is 12.0. The summed E-state index contributed by atoms with van der Waals surface area (Å²) in [4.78, 5) is 18.1. The molecular weight excluding hydrogens is 498 g/mol. The van der Waals surface area contributed by atoms with Gasteiger partial charge in [0, 0.05) is 52.2 Å². The van der Waals surface area contributed by atoms with Crippen LogP contribution in [0.15, 0.2) is 64.8 Å². The summed E-state index contributed by atoms with van der Waals surface area (Å²) < 4.78 is 32.2. The molecule has 0 spiro atoms. The summed E-state index contributed by atoms with van der Waals surface area (Å²) in [5.41, 5.74) is 4.89. The van der Waals surface area contributed by atoms with E-state index in [-0.39, 0.29) is 34.6 Å². The Morgan fingerprint density at radius 3 is 2.73 bits per heavy atom. The molecule has 1 aliphatic carbocycles. The van der Waals surface area contributed by atoms with Crippen LogP contribution < -0.4 is 5.56 Å². The van der Waals surface area contributed by atoms with Crippen molar-refractivity contribution in [3.8, 4) is 16.8 Å². The smallest absolute Gasteiger partial charge is 0.251 e. The standard InChI is InChI=1S/C27H19ClF2N6O/c1-13-2-4-17(26(30)25(13)29)15-6-21(31-11-15)27-20-10-19(20)23-7-14(8-24(37)36(23)27)18-9-16(28)3-5-22(18)35-12-32-33-34-35/h2-5,7-9,11-12,19-20,27H,6,10H2,1H3. The van der Waals surface area contributed by atoms with E-state index < -0.39 is 11.6 Å². The molecule has 37 heavy (non-hydrogen) atoms. The lowest BCUT2D eigenvalue weighted by molar-refractivity contribution is 0.500. The molecule has 3 aliphatic rings. The molecule has 2 aromatic carbocycles. The van der Waals surface area contributed by atoms with Crippen molar-refractivity contribution in [1.29, 1.82) is 0 Å². The molecule has 0 radical (unpaired) electrons. The number of hydrogen-bond acceptors (Lipinski definition) is 5. The van der Waals surface area contributed by atoms with Gasteiger partial charge in [0.1, 0.15) is 6.33 Å². The molecule has 184 valence electrons. The van der Waals surface area contributed by atoms with Gasteiger partial charge in [0.25, 0.3) is 5.56 Å². The highest BCUT2D eigenvalue weighted by atomic mass is 35.5. The van der Waals surface area contributed by atoms with Crippen molar-refractivity contribution in [3.05, 3.63) is 98.8 Å². The third-order valence-electron chi connectivity index (χ3n) is 7.59. The topological polar surface area (TPSA) is 78.0 Å². The maximum atomic E-state index is 14.6. The molecule has 7 nitrogen and oxygen atoms in total. The maximum Gasteiger partial charge on any atom is 0.251 e. The van der Waals surface area contributed by atoms with Gasteiger partial charge in [0.05, 0.1) is 11.7 Å². The van der Waals surface area contributed by atoms with E-state index in [2.05, 4.69) is 20.5 Å². The molecular formula is C27H19ClF2N6O. The van der Waals surface area contributed by atoms with E-state index in [4.69, 9.17) is 11.6 Å². The van der Waals surface area contributed by atoms with Crippen molar-refractivity contribution in [2.24, 2.45) is 10.9 Å². The minimum atomic E-state index is -0.861. The highest BCUT2D eigenvalue weighted by Crippen LogP contribution is 2.60. The molecule has 0 bridgehead atoms. The van der Waals surface area contributed by atoms with Crippen molar-refractivity contribution >= 4 is 22.9 Å². The quantitative estimate of drug-likeness (QED) is 0.370. The van der Waals surface area contributed by atoms with E-state index in [1.54, 1.807) is 36.5 Å². The molecule has 7 rings (SSSR count). The molecule has 0 amide bonds. The van der Waals surface area contributed by atoms with Gasteiger partial charge in [0.15, 0.2) is 11.6 Å². The first-order valence-electron chi connectivity index (χ1n) is 11.9. The van der Waals surface area contributed by atoms with Crippen molar-refractivity contribution in [1.82, 2.24) is 24.8 Å². The first kappa shape index (κ1) is 22.2. The normalized spacial score (nSPS) is 21.5. The Balaban J connectivity index is 1.25. The minimum absolute atomic E-state index is 0.143. The molecule has 2 aliphatic heterocycles. The zero-order chi connectivity index (χ0) is 25.4. The molecule has 1 saturated carbocycles. The van der Waals surface area contributed by atoms with Crippen LogP contribution in [0.3, 0.4) is 0 Å². The molecule has 2 aromatic heterocycles. The lowest BCUT2D eigenvalue weighted by Gasteiger charge is -2.20. The summed E-state index contributed by atoms with van der Waals surface area (Å²) in [5.74, 6) is -1.20. The van der Waals surface area contributed by atoms with Crippen molar-refractivity contribution in [3.63, 3.8) is 0 Å². The van der Waals surface area contributed by atoms with Crippen molar-refractivity contribution in [2.45, 2.75) is 31.7 Å². The van der Waals surface area contributed by atoms with E-state index >= 15 is 0 Å². The first-order chi connectivity index (χ1) is 17.9. The number of aromatic nitrogens is 5. The summed E-state index contributed by atoms with van der Waals surface area (Å²) in [6, 6.07) is 12.0. The molecule has 4 aromatic rings. The highest BCUT2D eigenvalue weighted by Gasteiger charge is 2.54. The van der Waals surface area contributed by atoms with Gasteiger partial charge in [0.2, 0.25) is 0 Å². The van der Waals surface area contributed by atoms with Crippen LogP contribution >= 0.6 is 11.6 Å². The second kappa shape index (κ2) is 8.01. The molecule has 10 heteroatoms. The van der Waals surface area contributed by atoms with Gasteiger partial charge < -0.3 is 4.57 Å². The second-order valence-corrected chi connectivity index (χ2v) is 10.2. The zero-order valence-electron chi connectivity index (χ0n) is 19.6. The number of tetrazole rings is 1. The predicted molar refractivity (Wildman–Crippen MR) is 135 cm³/mol. The fourth-order valence-electron chi connectivity index (χ4n) is 5.73.